The number of rotatable bonds is 4. The molecule has 0 aliphatic carbocycles. The molecule has 0 unspecified atom stereocenters. The third kappa shape index (κ3) is 3.93. The van der Waals surface area contributed by atoms with E-state index in [1.807, 2.05) is 13.8 Å². The fraction of sp³-hybridized carbons (Fsp3) is 0.211. The number of benzene rings is 1. The van der Waals surface area contributed by atoms with Crippen LogP contribution in [0, 0.1) is 13.8 Å². The summed E-state index contributed by atoms with van der Waals surface area (Å²) in [4.78, 5) is 33.9. The van der Waals surface area contributed by atoms with Crippen LogP contribution in [0.15, 0.2) is 23.0 Å². The van der Waals surface area contributed by atoms with E-state index >= 15 is 0 Å². The molecule has 1 N–H and O–H groups in total. The molecule has 3 rings (SSSR count). The average Bonchev–Trinajstić information content (AvgIpc) is 2.89. The van der Waals surface area contributed by atoms with Gasteiger partial charge >= 0.3 is 5.97 Å². The molecule has 5 nitrogen and oxygen atoms in total. The van der Waals surface area contributed by atoms with Gasteiger partial charge in [-0.3, -0.25) is 4.79 Å². The van der Waals surface area contributed by atoms with Crippen LogP contribution in [0.4, 0.5) is 0 Å². The van der Waals surface area contributed by atoms with Gasteiger partial charge in [0, 0.05) is 14.9 Å². The third-order valence-corrected chi connectivity index (χ3v) is 5.72. The van der Waals surface area contributed by atoms with Gasteiger partial charge in [0.1, 0.15) is 16.2 Å². The van der Waals surface area contributed by atoms with E-state index in [0.29, 0.717) is 25.8 Å². The molecule has 27 heavy (non-hydrogen) atoms. The van der Waals surface area contributed by atoms with Gasteiger partial charge in [0.15, 0.2) is 0 Å². The number of ether oxygens (including phenoxy) is 1. The minimum atomic E-state index is -0.601. The molecule has 0 spiro atoms. The van der Waals surface area contributed by atoms with Gasteiger partial charge in [0.05, 0.1) is 12.0 Å². The summed E-state index contributed by atoms with van der Waals surface area (Å²) in [5.41, 5.74) is 1.26. The number of nitrogens with one attached hydrogen (secondary N) is 1. The molecule has 0 fully saturated rings. The summed E-state index contributed by atoms with van der Waals surface area (Å²) >= 11 is 13.6. The Hall–Kier alpha value is -2.15. The minimum Gasteiger partial charge on any atom is -0.462 e. The molecule has 0 aliphatic rings. The van der Waals surface area contributed by atoms with Gasteiger partial charge < -0.3 is 9.72 Å². The first-order chi connectivity index (χ1) is 12.8. The number of hydrogen-bond donors (Lipinski definition) is 1. The zero-order valence-electron chi connectivity index (χ0n) is 14.9. The second-order valence-electron chi connectivity index (χ2n) is 5.82. The standard InChI is InChI=1S/C19H16Cl2N2O3S/c1-4-26-19(25)13(7-11-5-6-12(20)8-14(11)21)16-22-17(24)15-9(2)10(3)27-18(15)23-16/h5-8H,4H2,1-3H3,(H,22,23,24). The number of esters is 1. The summed E-state index contributed by atoms with van der Waals surface area (Å²) in [6.45, 7) is 5.70. The van der Waals surface area contributed by atoms with Crippen molar-refractivity contribution in [1.29, 1.82) is 0 Å². The number of carbonyl (C=O) groups is 1. The molecule has 0 amide bonds. The summed E-state index contributed by atoms with van der Waals surface area (Å²) in [7, 11) is 0. The van der Waals surface area contributed by atoms with Crippen molar-refractivity contribution in [3.8, 4) is 0 Å². The van der Waals surface area contributed by atoms with E-state index in [1.165, 1.54) is 17.4 Å². The average molecular weight is 423 g/mol. The SMILES string of the molecule is CCOC(=O)C(=Cc1ccc(Cl)cc1Cl)c1nc2sc(C)c(C)c2c(=O)[nH]1. The highest BCUT2D eigenvalue weighted by molar-refractivity contribution is 7.18. The summed E-state index contributed by atoms with van der Waals surface area (Å²) in [5.74, 6) is -0.464. The van der Waals surface area contributed by atoms with Crippen LogP contribution in [-0.2, 0) is 9.53 Å². The predicted molar refractivity (Wildman–Crippen MR) is 111 cm³/mol. The fourth-order valence-corrected chi connectivity index (χ4v) is 4.08. The Labute approximate surface area is 169 Å². The molecule has 0 saturated carbocycles. The quantitative estimate of drug-likeness (QED) is 0.473. The molecule has 2 aromatic heterocycles. The van der Waals surface area contributed by atoms with Crippen LogP contribution in [0.25, 0.3) is 21.9 Å². The van der Waals surface area contributed by atoms with Gasteiger partial charge in [-0.15, -0.1) is 11.3 Å². The molecule has 0 radical (unpaired) electrons. The highest BCUT2D eigenvalue weighted by Gasteiger charge is 2.20. The van der Waals surface area contributed by atoms with E-state index in [2.05, 4.69) is 9.97 Å². The van der Waals surface area contributed by atoms with Crippen LogP contribution in [0.2, 0.25) is 10.0 Å². The van der Waals surface area contributed by atoms with Crippen molar-refractivity contribution in [2.75, 3.05) is 6.61 Å². The number of aryl methyl sites for hydroxylation is 2. The zero-order chi connectivity index (χ0) is 19.7. The normalized spacial score (nSPS) is 11.8. The largest absolute Gasteiger partial charge is 0.462 e. The van der Waals surface area contributed by atoms with Crippen LogP contribution in [0.3, 0.4) is 0 Å². The summed E-state index contributed by atoms with van der Waals surface area (Å²) < 4.78 is 5.14. The van der Waals surface area contributed by atoms with E-state index in [1.54, 1.807) is 25.1 Å². The molecule has 0 saturated heterocycles. The van der Waals surface area contributed by atoms with Crippen molar-refractivity contribution >= 4 is 62.4 Å². The van der Waals surface area contributed by atoms with Crippen molar-refractivity contribution in [1.82, 2.24) is 9.97 Å². The number of hydrogen-bond acceptors (Lipinski definition) is 5. The van der Waals surface area contributed by atoms with Crippen molar-refractivity contribution in [2.24, 2.45) is 0 Å². The summed E-state index contributed by atoms with van der Waals surface area (Å²) in [6, 6.07) is 4.91. The smallest absolute Gasteiger partial charge is 0.341 e. The second kappa shape index (κ2) is 7.84. The molecule has 0 bridgehead atoms. The van der Waals surface area contributed by atoms with E-state index in [9.17, 15) is 9.59 Å². The van der Waals surface area contributed by atoms with E-state index in [0.717, 1.165) is 10.4 Å². The number of carbonyl (C=O) groups excluding carboxylic acids is 1. The van der Waals surface area contributed by atoms with Gasteiger partial charge in [0.2, 0.25) is 0 Å². The molecule has 140 valence electrons. The molecule has 8 heteroatoms. The number of thiophene rings is 1. The van der Waals surface area contributed by atoms with Crippen LogP contribution >= 0.6 is 34.5 Å². The summed E-state index contributed by atoms with van der Waals surface area (Å²) in [5, 5.41) is 1.39. The monoisotopic (exact) mass is 422 g/mol. The van der Waals surface area contributed by atoms with Crippen LogP contribution in [0.1, 0.15) is 28.8 Å². The molecule has 0 aliphatic heterocycles. The predicted octanol–water partition coefficient (Wildman–Crippen LogP) is 5.01. The molecular weight excluding hydrogens is 407 g/mol. The fourth-order valence-electron chi connectivity index (χ4n) is 2.59. The van der Waals surface area contributed by atoms with Gasteiger partial charge in [-0.25, -0.2) is 9.78 Å². The first-order valence-electron chi connectivity index (χ1n) is 8.16. The maximum absolute atomic E-state index is 12.6. The first kappa shape index (κ1) is 19.6. The van der Waals surface area contributed by atoms with Crippen LogP contribution < -0.4 is 5.56 Å². The Balaban J connectivity index is 2.22. The lowest BCUT2D eigenvalue weighted by molar-refractivity contribution is -0.136. The lowest BCUT2D eigenvalue weighted by atomic mass is 10.1. The maximum Gasteiger partial charge on any atom is 0.341 e. The molecule has 3 aromatic rings. The zero-order valence-corrected chi connectivity index (χ0v) is 17.2. The minimum absolute atomic E-state index is 0.115. The Morgan fingerprint density at radius 2 is 2.07 bits per heavy atom. The topological polar surface area (TPSA) is 72.0 Å². The first-order valence-corrected chi connectivity index (χ1v) is 9.73. The van der Waals surface area contributed by atoms with Crippen molar-refractivity contribution in [3.63, 3.8) is 0 Å². The van der Waals surface area contributed by atoms with E-state index in [-0.39, 0.29) is 23.6 Å². The Morgan fingerprint density at radius 3 is 2.74 bits per heavy atom. The number of aromatic nitrogens is 2. The second-order valence-corrected chi connectivity index (χ2v) is 7.87. The highest BCUT2D eigenvalue weighted by atomic mass is 35.5. The van der Waals surface area contributed by atoms with Gasteiger partial charge in [-0.05, 0) is 50.1 Å². The number of fused-ring (bicyclic) bond motifs is 1. The Bertz CT molecular complexity index is 1130. The molecule has 2 heterocycles. The summed E-state index contributed by atoms with van der Waals surface area (Å²) in [6.07, 6.45) is 1.54. The van der Waals surface area contributed by atoms with Gasteiger partial charge in [-0.2, -0.15) is 0 Å². The van der Waals surface area contributed by atoms with Crippen molar-refractivity contribution < 1.29 is 9.53 Å². The lowest BCUT2D eigenvalue weighted by Gasteiger charge is -2.08. The number of halogens is 2. The lowest BCUT2D eigenvalue weighted by Crippen LogP contribution is -2.15. The number of H-pyrrole nitrogens is 1. The highest BCUT2D eigenvalue weighted by Crippen LogP contribution is 2.29. The molecular formula is C19H16Cl2N2O3S. The Morgan fingerprint density at radius 1 is 1.33 bits per heavy atom. The Kier molecular flexibility index (Phi) is 5.69. The molecule has 1 aromatic carbocycles. The third-order valence-electron chi connectivity index (χ3n) is 4.05. The van der Waals surface area contributed by atoms with Crippen molar-refractivity contribution in [3.05, 3.63) is 60.4 Å². The van der Waals surface area contributed by atoms with Crippen molar-refractivity contribution in [2.45, 2.75) is 20.8 Å². The van der Waals surface area contributed by atoms with Gasteiger partial charge in [0.25, 0.3) is 5.56 Å². The number of aromatic amines is 1. The van der Waals surface area contributed by atoms with Gasteiger partial charge in [-0.1, -0.05) is 29.3 Å². The maximum atomic E-state index is 12.6. The van der Waals surface area contributed by atoms with E-state index in [4.69, 9.17) is 27.9 Å². The molecule has 0 atom stereocenters. The van der Waals surface area contributed by atoms with Crippen LogP contribution in [0.5, 0.6) is 0 Å². The van der Waals surface area contributed by atoms with Crippen LogP contribution in [-0.4, -0.2) is 22.5 Å². The van der Waals surface area contributed by atoms with E-state index < -0.39 is 5.97 Å². The number of nitrogens with zero attached hydrogens (tertiary/aromatic N) is 1.